The van der Waals surface area contributed by atoms with Gasteiger partial charge in [0.25, 0.3) is 0 Å². The van der Waals surface area contributed by atoms with E-state index in [0.29, 0.717) is 5.82 Å². The summed E-state index contributed by atoms with van der Waals surface area (Å²) in [5.41, 5.74) is 11.0. The lowest BCUT2D eigenvalue weighted by Crippen LogP contribution is -1.96. The summed E-state index contributed by atoms with van der Waals surface area (Å²) in [5, 5.41) is 4.63. The Morgan fingerprint density at radius 1 is 0.383 bits per heavy atom. The predicted octanol–water partition coefficient (Wildman–Crippen LogP) is 11.3. The molecule has 6 aromatic carbocycles. The van der Waals surface area contributed by atoms with Crippen LogP contribution in [0.25, 0.3) is 88.9 Å². The molecule has 4 nitrogen and oxygen atoms in total. The average molecular weight is 602 g/mol. The van der Waals surface area contributed by atoms with Gasteiger partial charge in [-0.25, -0.2) is 9.97 Å². The number of hydrogen-bond donors (Lipinski definition) is 0. The monoisotopic (exact) mass is 601 g/mol. The van der Waals surface area contributed by atoms with Gasteiger partial charge in [0, 0.05) is 39.9 Å². The predicted molar refractivity (Wildman–Crippen MR) is 192 cm³/mol. The normalized spacial score (nSPS) is 11.4. The van der Waals surface area contributed by atoms with Crippen molar-refractivity contribution >= 4 is 32.7 Å². The van der Waals surface area contributed by atoms with Crippen LogP contribution in [0.5, 0.6) is 0 Å². The first kappa shape index (κ1) is 27.0. The minimum atomic E-state index is 0.672. The van der Waals surface area contributed by atoms with E-state index in [2.05, 4.69) is 126 Å². The second-order valence-corrected chi connectivity index (χ2v) is 11.7. The molecular formula is C43H27N3O. The van der Waals surface area contributed by atoms with Crippen molar-refractivity contribution < 1.29 is 4.42 Å². The molecule has 0 fully saturated rings. The molecule has 3 heterocycles. The molecule has 0 bridgehead atoms. The molecular weight excluding hydrogens is 574 g/mol. The smallest absolute Gasteiger partial charge is 0.160 e. The van der Waals surface area contributed by atoms with Crippen molar-refractivity contribution in [2.24, 2.45) is 0 Å². The standard InChI is InChI=1S/C43H27N3O/c1-2-7-33-24-34(20-15-28(33)6-1)29-11-16-31(17-12-29)39-26-40(35-21-22-42-38(25-35)37-9-3-4-10-41(37)47-42)46-43(45-39)32-18-13-30(14-19-32)36-8-5-23-44-27-36/h1-27H. The number of pyridine rings is 1. The van der Waals surface area contributed by atoms with Gasteiger partial charge in [-0.1, -0.05) is 109 Å². The van der Waals surface area contributed by atoms with Crippen LogP contribution in [-0.4, -0.2) is 15.0 Å². The quantitative estimate of drug-likeness (QED) is 0.197. The first-order valence-corrected chi connectivity index (χ1v) is 15.7. The van der Waals surface area contributed by atoms with Crippen LogP contribution < -0.4 is 0 Å². The van der Waals surface area contributed by atoms with Crippen LogP contribution in [0.4, 0.5) is 0 Å². The summed E-state index contributed by atoms with van der Waals surface area (Å²) in [7, 11) is 0. The lowest BCUT2D eigenvalue weighted by atomic mass is 9.99. The molecule has 0 radical (unpaired) electrons. The molecule has 9 aromatic rings. The summed E-state index contributed by atoms with van der Waals surface area (Å²) in [6.45, 7) is 0. The zero-order valence-corrected chi connectivity index (χ0v) is 25.3. The van der Waals surface area contributed by atoms with Crippen LogP contribution >= 0.6 is 0 Å². The summed E-state index contributed by atoms with van der Waals surface area (Å²) in [6.07, 6.45) is 3.66. The van der Waals surface area contributed by atoms with Crippen LogP contribution in [0, 0.1) is 0 Å². The van der Waals surface area contributed by atoms with E-state index in [1.54, 1.807) is 6.20 Å². The Labute approximate surface area is 271 Å². The van der Waals surface area contributed by atoms with Gasteiger partial charge in [-0.15, -0.1) is 0 Å². The van der Waals surface area contributed by atoms with Gasteiger partial charge in [0.1, 0.15) is 11.2 Å². The molecule has 0 spiro atoms. The summed E-state index contributed by atoms with van der Waals surface area (Å²) < 4.78 is 6.11. The molecule has 0 aliphatic heterocycles. The van der Waals surface area contributed by atoms with Gasteiger partial charge in [0.05, 0.1) is 11.4 Å². The van der Waals surface area contributed by atoms with E-state index in [-0.39, 0.29) is 0 Å². The Hall–Kier alpha value is -6.39. The van der Waals surface area contributed by atoms with Crippen molar-refractivity contribution in [1.82, 2.24) is 15.0 Å². The van der Waals surface area contributed by atoms with E-state index in [9.17, 15) is 0 Å². The van der Waals surface area contributed by atoms with Crippen molar-refractivity contribution in [1.29, 1.82) is 0 Å². The zero-order chi connectivity index (χ0) is 31.2. The van der Waals surface area contributed by atoms with Crippen LogP contribution in [-0.2, 0) is 0 Å². The molecule has 0 unspecified atom stereocenters. The lowest BCUT2D eigenvalue weighted by molar-refractivity contribution is 0.669. The average Bonchev–Trinajstić information content (AvgIpc) is 3.53. The Morgan fingerprint density at radius 2 is 1.02 bits per heavy atom. The van der Waals surface area contributed by atoms with E-state index < -0.39 is 0 Å². The van der Waals surface area contributed by atoms with Gasteiger partial charge in [0.15, 0.2) is 5.82 Å². The molecule has 0 atom stereocenters. The van der Waals surface area contributed by atoms with Crippen molar-refractivity contribution in [3.8, 4) is 56.2 Å². The second-order valence-electron chi connectivity index (χ2n) is 11.7. The molecule has 47 heavy (non-hydrogen) atoms. The summed E-state index contributed by atoms with van der Waals surface area (Å²) in [4.78, 5) is 14.5. The molecule has 9 rings (SSSR count). The van der Waals surface area contributed by atoms with Gasteiger partial charge in [-0.2, -0.15) is 0 Å². The van der Waals surface area contributed by atoms with Crippen LogP contribution in [0.2, 0.25) is 0 Å². The van der Waals surface area contributed by atoms with Gasteiger partial charge < -0.3 is 4.42 Å². The summed E-state index contributed by atoms with van der Waals surface area (Å²) in [5.74, 6) is 0.672. The fourth-order valence-electron chi connectivity index (χ4n) is 6.31. The fraction of sp³-hybridized carbons (Fsp3) is 0. The topological polar surface area (TPSA) is 51.8 Å². The highest BCUT2D eigenvalue weighted by atomic mass is 16.3. The third-order valence-corrected chi connectivity index (χ3v) is 8.80. The van der Waals surface area contributed by atoms with E-state index in [4.69, 9.17) is 14.4 Å². The minimum absolute atomic E-state index is 0.672. The van der Waals surface area contributed by atoms with Gasteiger partial charge in [-0.3, -0.25) is 4.98 Å². The number of benzene rings is 6. The molecule has 0 saturated carbocycles. The van der Waals surface area contributed by atoms with E-state index in [1.165, 1.54) is 16.3 Å². The maximum Gasteiger partial charge on any atom is 0.160 e. The number of furan rings is 1. The van der Waals surface area contributed by atoms with Crippen molar-refractivity contribution in [2.45, 2.75) is 0 Å². The number of fused-ring (bicyclic) bond motifs is 4. The molecule has 0 aliphatic rings. The molecule has 0 amide bonds. The molecule has 0 N–H and O–H groups in total. The van der Waals surface area contributed by atoms with Crippen LogP contribution in [0.15, 0.2) is 168 Å². The minimum Gasteiger partial charge on any atom is -0.456 e. The highest BCUT2D eigenvalue weighted by molar-refractivity contribution is 6.06. The Bertz CT molecular complexity index is 2550. The molecule has 3 aromatic heterocycles. The third-order valence-electron chi connectivity index (χ3n) is 8.80. The first-order valence-electron chi connectivity index (χ1n) is 15.7. The Kier molecular flexibility index (Phi) is 6.43. The number of rotatable bonds is 5. The van der Waals surface area contributed by atoms with E-state index >= 15 is 0 Å². The van der Waals surface area contributed by atoms with Crippen LogP contribution in [0.3, 0.4) is 0 Å². The molecule has 220 valence electrons. The highest BCUT2D eigenvalue weighted by Crippen LogP contribution is 2.35. The van der Waals surface area contributed by atoms with Crippen molar-refractivity contribution in [2.75, 3.05) is 0 Å². The maximum atomic E-state index is 6.11. The third kappa shape index (κ3) is 5.02. The second kappa shape index (κ2) is 11.2. The fourth-order valence-corrected chi connectivity index (χ4v) is 6.31. The molecule has 4 heteroatoms. The summed E-state index contributed by atoms with van der Waals surface area (Å²) >= 11 is 0. The van der Waals surface area contributed by atoms with Gasteiger partial charge in [0.2, 0.25) is 0 Å². The van der Waals surface area contributed by atoms with Gasteiger partial charge in [-0.05, 0) is 75.5 Å². The SMILES string of the molecule is c1cncc(-c2ccc(-c3nc(-c4ccc(-c5ccc6ccccc6c5)cc4)cc(-c4ccc5oc6ccccc6c5c4)n3)cc2)c1. The van der Waals surface area contributed by atoms with E-state index in [1.807, 2.05) is 36.5 Å². The van der Waals surface area contributed by atoms with Crippen LogP contribution in [0.1, 0.15) is 0 Å². The maximum absolute atomic E-state index is 6.11. The van der Waals surface area contributed by atoms with Crippen molar-refractivity contribution in [3.63, 3.8) is 0 Å². The number of para-hydroxylation sites is 1. The highest BCUT2D eigenvalue weighted by Gasteiger charge is 2.14. The van der Waals surface area contributed by atoms with E-state index in [0.717, 1.165) is 66.7 Å². The molecule has 0 aliphatic carbocycles. The van der Waals surface area contributed by atoms with Crippen molar-refractivity contribution in [3.05, 3.63) is 164 Å². The lowest BCUT2D eigenvalue weighted by Gasteiger charge is -2.11. The largest absolute Gasteiger partial charge is 0.456 e. The Balaban J connectivity index is 1.15. The number of nitrogens with zero attached hydrogens (tertiary/aromatic N) is 3. The summed E-state index contributed by atoms with van der Waals surface area (Å²) in [6, 6.07) is 52.6. The van der Waals surface area contributed by atoms with Gasteiger partial charge >= 0.3 is 0 Å². The molecule has 0 saturated heterocycles. The zero-order valence-electron chi connectivity index (χ0n) is 25.3. The number of hydrogen-bond acceptors (Lipinski definition) is 4. The first-order chi connectivity index (χ1) is 23.2. The Morgan fingerprint density at radius 3 is 1.83 bits per heavy atom. The number of aromatic nitrogens is 3.